The lowest BCUT2D eigenvalue weighted by Gasteiger charge is -2.06. The first-order chi connectivity index (χ1) is 8.59. The molecule has 0 atom stereocenters. The van der Waals surface area contributed by atoms with Crippen LogP contribution in [0.25, 0.3) is 0 Å². The molecule has 0 aliphatic carbocycles. The Bertz CT molecular complexity index is 652. The standard InChI is InChI=1S/C12H10BrN3O2/c1-16-12(18)10(6-7-14-16)15-11(17)8-4-2-3-5-9(8)13/h2-7H,1H3,(H,15,17). The van der Waals surface area contributed by atoms with Gasteiger partial charge in [-0.1, -0.05) is 12.1 Å². The van der Waals surface area contributed by atoms with E-state index in [1.54, 1.807) is 18.2 Å². The molecule has 0 aliphatic rings. The summed E-state index contributed by atoms with van der Waals surface area (Å²) in [5, 5.41) is 6.35. The molecule has 5 nitrogen and oxygen atoms in total. The van der Waals surface area contributed by atoms with Gasteiger partial charge in [0.2, 0.25) is 0 Å². The van der Waals surface area contributed by atoms with Gasteiger partial charge in [0.1, 0.15) is 5.69 Å². The molecule has 0 fully saturated rings. The Morgan fingerprint density at radius 1 is 1.33 bits per heavy atom. The van der Waals surface area contributed by atoms with Gasteiger partial charge in [0, 0.05) is 17.7 Å². The van der Waals surface area contributed by atoms with E-state index in [2.05, 4.69) is 26.3 Å². The number of hydrogen-bond acceptors (Lipinski definition) is 3. The fourth-order valence-corrected chi connectivity index (χ4v) is 1.90. The topological polar surface area (TPSA) is 64.0 Å². The van der Waals surface area contributed by atoms with E-state index in [4.69, 9.17) is 0 Å². The van der Waals surface area contributed by atoms with E-state index >= 15 is 0 Å². The average molecular weight is 308 g/mol. The minimum absolute atomic E-state index is 0.202. The second-order valence-electron chi connectivity index (χ2n) is 3.61. The monoisotopic (exact) mass is 307 g/mol. The molecule has 1 aromatic carbocycles. The molecule has 0 spiro atoms. The number of carbonyl (C=O) groups is 1. The van der Waals surface area contributed by atoms with Gasteiger partial charge >= 0.3 is 0 Å². The summed E-state index contributed by atoms with van der Waals surface area (Å²) in [6, 6.07) is 8.47. The summed E-state index contributed by atoms with van der Waals surface area (Å²) in [7, 11) is 1.52. The number of aromatic nitrogens is 2. The van der Waals surface area contributed by atoms with E-state index in [9.17, 15) is 9.59 Å². The zero-order valence-electron chi connectivity index (χ0n) is 9.55. The van der Waals surface area contributed by atoms with Crippen LogP contribution >= 0.6 is 15.9 Å². The van der Waals surface area contributed by atoms with Crippen LogP contribution in [0.5, 0.6) is 0 Å². The predicted molar refractivity (Wildman–Crippen MR) is 71.6 cm³/mol. The van der Waals surface area contributed by atoms with Crippen LogP contribution in [0.15, 0.2) is 45.8 Å². The van der Waals surface area contributed by atoms with Crippen LogP contribution in [0.1, 0.15) is 10.4 Å². The van der Waals surface area contributed by atoms with Crippen LogP contribution in [-0.4, -0.2) is 15.7 Å². The summed E-state index contributed by atoms with van der Waals surface area (Å²) in [6.07, 6.45) is 1.46. The maximum atomic E-state index is 12.0. The molecule has 1 heterocycles. The van der Waals surface area contributed by atoms with Gasteiger partial charge < -0.3 is 5.32 Å². The Morgan fingerprint density at radius 2 is 2.06 bits per heavy atom. The van der Waals surface area contributed by atoms with Crippen LogP contribution < -0.4 is 10.9 Å². The molecule has 92 valence electrons. The van der Waals surface area contributed by atoms with Crippen molar-refractivity contribution in [2.45, 2.75) is 0 Å². The third kappa shape index (κ3) is 2.48. The fourth-order valence-electron chi connectivity index (χ4n) is 1.44. The van der Waals surface area contributed by atoms with Crippen LogP contribution in [0, 0.1) is 0 Å². The van der Waals surface area contributed by atoms with Gasteiger partial charge in [0.15, 0.2) is 0 Å². The molecule has 2 rings (SSSR count). The zero-order chi connectivity index (χ0) is 13.1. The number of halogens is 1. The molecular weight excluding hydrogens is 298 g/mol. The molecule has 0 saturated heterocycles. The van der Waals surface area contributed by atoms with Gasteiger partial charge in [-0.25, -0.2) is 4.68 Å². The van der Waals surface area contributed by atoms with Crippen molar-refractivity contribution < 1.29 is 4.79 Å². The Hall–Kier alpha value is -1.95. The summed E-state index contributed by atoms with van der Waals surface area (Å²) in [4.78, 5) is 23.7. The van der Waals surface area contributed by atoms with Crippen molar-refractivity contribution in [2.75, 3.05) is 5.32 Å². The predicted octanol–water partition coefficient (Wildman–Crippen LogP) is 1.80. The van der Waals surface area contributed by atoms with Gasteiger partial charge in [-0.2, -0.15) is 5.10 Å². The molecule has 6 heteroatoms. The highest BCUT2D eigenvalue weighted by Crippen LogP contribution is 2.16. The SMILES string of the molecule is Cn1nccc(NC(=O)c2ccccc2Br)c1=O. The molecule has 0 aliphatic heterocycles. The maximum Gasteiger partial charge on any atom is 0.290 e. The van der Waals surface area contributed by atoms with Gasteiger partial charge in [0.25, 0.3) is 11.5 Å². The fraction of sp³-hybridized carbons (Fsp3) is 0.0833. The number of anilines is 1. The second kappa shape index (κ2) is 5.14. The van der Waals surface area contributed by atoms with Crippen molar-refractivity contribution in [2.24, 2.45) is 7.05 Å². The first kappa shape index (κ1) is 12.5. The minimum atomic E-state index is -0.349. The van der Waals surface area contributed by atoms with E-state index in [0.29, 0.717) is 10.0 Å². The third-order valence-corrected chi connectivity index (χ3v) is 3.06. The summed E-state index contributed by atoms with van der Waals surface area (Å²) in [6.45, 7) is 0. The normalized spacial score (nSPS) is 10.1. The molecule has 0 saturated carbocycles. The largest absolute Gasteiger partial charge is 0.317 e. The number of benzene rings is 1. The quantitative estimate of drug-likeness (QED) is 0.920. The maximum absolute atomic E-state index is 12.0. The average Bonchev–Trinajstić information content (AvgIpc) is 2.35. The third-order valence-electron chi connectivity index (χ3n) is 2.37. The highest BCUT2D eigenvalue weighted by molar-refractivity contribution is 9.10. The van der Waals surface area contributed by atoms with E-state index < -0.39 is 0 Å². The van der Waals surface area contributed by atoms with Crippen molar-refractivity contribution in [1.29, 1.82) is 0 Å². The number of nitrogens with zero attached hydrogens (tertiary/aromatic N) is 2. The number of amides is 1. The lowest BCUT2D eigenvalue weighted by molar-refractivity contribution is 0.102. The Balaban J connectivity index is 2.30. The summed E-state index contributed by atoms with van der Waals surface area (Å²) < 4.78 is 1.84. The number of nitrogens with one attached hydrogen (secondary N) is 1. The smallest absolute Gasteiger partial charge is 0.290 e. The second-order valence-corrected chi connectivity index (χ2v) is 4.46. The van der Waals surface area contributed by atoms with Crippen molar-refractivity contribution in [3.8, 4) is 0 Å². The highest BCUT2D eigenvalue weighted by atomic mass is 79.9. The lowest BCUT2D eigenvalue weighted by atomic mass is 10.2. The van der Waals surface area contributed by atoms with Crippen molar-refractivity contribution in [3.63, 3.8) is 0 Å². The minimum Gasteiger partial charge on any atom is -0.317 e. The summed E-state index contributed by atoms with van der Waals surface area (Å²) in [5.41, 5.74) is 0.322. The van der Waals surface area contributed by atoms with Gasteiger partial charge in [-0.05, 0) is 34.1 Å². The lowest BCUT2D eigenvalue weighted by Crippen LogP contribution is -2.25. The number of aryl methyl sites for hydroxylation is 1. The van der Waals surface area contributed by atoms with E-state index in [1.165, 1.54) is 19.3 Å². The molecular formula is C12H10BrN3O2. The molecule has 1 aromatic heterocycles. The molecule has 1 N–H and O–H groups in total. The number of rotatable bonds is 2. The molecule has 0 radical (unpaired) electrons. The number of hydrogen-bond donors (Lipinski definition) is 1. The Labute approximate surface area is 112 Å². The van der Waals surface area contributed by atoms with Crippen LogP contribution in [0.3, 0.4) is 0 Å². The molecule has 0 unspecified atom stereocenters. The van der Waals surface area contributed by atoms with Crippen LogP contribution in [0.2, 0.25) is 0 Å². The highest BCUT2D eigenvalue weighted by Gasteiger charge is 2.11. The van der Waals surface area contributed by atoms with Gasteiger partial charge in [-0.3, -0.25) is 9.59 Å². The van der Waals surface area contributed by atoms with Crippen molar-refractivity contribution >= 4 is 27.5 Å². The van der Waals surface area contributed by atoms with E-state index in [1.807, 2.05) is 6.07 Å². The van der Waals surface area contributed by atoms with Crippen LogP contribution in [-0.2, 0) is 7.05 Å². The van der Waals surface area contributed by atoms with Gasteiger partial charge in [-0.15, -0.1) is 0 Å². The van der Waals surface area contributed by atoms with Crippen molar-refractivity contribution in [3.05, 3.63) is 56.9 Å². The van der Waals surface area contributed by atoms with Crippen molar-refractivity contribution in [1.82, 2.24) is 9.78 Å². The van der Waals surface area contributed by atoms with E-state index in [0.717, 1.165) is 4.68 Å². The Kier molecular flexibility index (Phi) is 3.57. The summed E-state index contributed by atoms with van der Waals surface area (Å²) >= 11 is 3.29. The zero-order valence-corrected chi connectivity index (χ0v) is 11.1. The molecule has 0 bridgehead atoms. The number of carbonyl (C=O) groups excluding carboxylic acids is 1. The molecule has 2 aromatic rings. The van der Waals surface area contributed by atoms with Crippen LogP contribution in [0.4, 0.5) is 5.69 Å². The first-order valence-electron chi connectivity index (χ1n) is 5.18. The Morgan fingerprint density at radius 3 is 2.78 bits per heavy atom. The molecule has 1 amide bonds. The summed E-state index contributed by atoms with van der Waals surface area (Å²) in [5.74, 6) is -0.342. The first-order valence-corrected chi connectivity index (χ1v) is 5.97. The van der Waals surface area contributed by atoms with Gasteiger partial charge in [0.05, 0.1) is 5.56 Å². The van der Waals surface area contributed by atoms with E-state index in [-0.39, 0.29) is 17.2 Å². The molecule has 18 heavy (non-hydrogen) atoms.